The SMILES string of the molecule is CN1c2ccccc2C=C[C@@H]1c1ccccc1. The molecule has 3 rings (SSSR count). The minimum atomic E-state index is 0.339. The van der Waals surface area contributed by atoms with E-state index in [1.54, 1.807) is 0 Å². The van der Waals surface area contributed by atoms with E-state index in [1.165, 1.54) is 16.8 Å². The number of likely N-dealkylation sites (N-methyl/N-ethyl adjacent to an activating group) is 1. The first-order valence-corrected chi connectivity index (χ1v) is 5.91. The van der Waals surface area contributed by atoms with Gasteiger partial charge in [0.25, 0.3) is 0 Å². The van der Waals surface area contributed by atoms with Crippen LogP contribution in [0, 0.1) is 0 Å². The molecule has 0 spiro atoms. The number of anilines is 1. The monoisotopic (exact) mass is 221 g/mol. The van der Waals surface area contributed by atoms with Gasteiger partial charge in [0.2, 0.25) is 0 Å². The van der Waals surface area contributed by atoms with Crippen molar-refractivity contribution in [1.82, 2.24) is 0 Å². The zero-order valence-electron chi connectivity index (χ0n) is 9.88. The molecule has 1 heterocycles. The van der Waals surface area contributed by atoms with Gasteiger partial charge in [0.05, 0.1) is 6.04 Å². The Labute approximate surface area is 102 Å². The van der Waals surface area contributed by atoms with E-state index in [-0.39, 0.29) is 0 Å². The average Bonchev–Trinajstić information content (AvgIpc) is 2.40. The van der Waals surface area contributed by atoms with E-state index >= 15 is 0 Å². The van der Waals surface area contributed by atoms with E-state index in [9.17, 15) is 0 Å². The maximum Gasteiger partial charge on any atom is 0.0726 e. The summed E-state index contributed by atoms with van der Waals surface area (Å²) in [5, 5.41) is 0. The smallest absolute Gasteiger partial charge is 0.0726 e. The highest BCUT2D eigenvalue weighted by atomic mass is 15.1. The number of nitrogens with zero attached hydrogens (tertiary/aromatic N) is 1. The highest BCUT2D eigenvalue weighted by Gasteiger charge is 2.19. The third-order valence-electron chi connectivity index (χ3n) is 3.33. The summed E-state index contributed by atoms with van der Waals surface area (Å²) >= 11 is 0. The van der Waals surface area contributed by atoms with Gasteiger partial charge in [-0.05, 0) is 17.2 Å². The molecule has 1 heteroatoms. The maximum absolute atomic E-state index is 2.32. The summed E-state index contributed by atoms with van der Waals surface area (Å²) in [7, 11) is 2.15. The highest BCUT2D eigenvalue weighted by Crippen LogP contribution is 2.34. The van der Waals surface area contributed by atoms with E-state index in [0.717, 1.165) is 0 Å². The van der Waals surface area contributed by atoms with Crippen molar-refractivity contribution >= 4 is 11.8 Å². The number of rotatable bonds is 1. The fraction of sp³-hybridized carbons (Fsp3) is 0.125. The van der Waals surface area contributed by atoms with Crippen LogP contribution in [0.4, 0.5) is 5.69 Å². The van der Waals surface area contributed by atoms with Gasteiger partial charge in [-0.1, -0.05) is 60.7 Å². The van der Waals surface area contributed by atoms with E-state index in [0.29, 0.717) is 6.04 Å². The molecule has 0 saturated carbocycles. The van der Waals surface area contributed by atoms with Gasteiger partial charge in [0, 0.05) is 12.7 Å². The quantitative estimate of drug-likeness (QED) is 0.706. The van der Waals surface area contributed by atoms with Crippen LogP contribution in [-0.2, 0) is 0 Å². The summed E-state index contributed by atoms with van der Waals surface area (Å²) in [5.41, 5.74) is 3.92. The first kappa shape index (κ1) is 10.2. The summed E-state index contributed by atoms with van der Waals surface area (Å²) in [6, 6.07) is 19.5. The Bertz CT molecular complexity index is 542. The summed E-state index contributed by atoms with van der Waals surface area (Å²) in [5.74, 6) is 0. The van der Waals surface area contributed by atoms with Crippen LogP contribution in [0.1, 0.15) is 17.2 Å². The predicted octanol–water partition coefficient (Wildman–Crippen LogP) is 3.89. The number of fused-ring (bicyclic) bond motifs is 1. The second-order valence-electron chi connectivity index (χ2n) is 4.38. The van der Waals surface area contributed by atoms with Crippen molar-refractivity contribution < 1.29 is 0 Å². The first-order chi connectivity index (χ1) is 8.36. The molecule has 2 aromatic carbocycles. The molecule has 84 valence electrons. The van der Waals surface area contributed by atoms with E-state index in [2.05, 4.69) is 78.7 Å². The second kappa shape index (κ2) is 4.10. The van der Waals surface area contributed by atoms with Crippen molar-refractivity contribution in [3.05, 3.63) is 71.8 Å². The highest BCUT2D eigenvalue weighted by molar-refractivity contribution is 5.72. The van der Waals surface area contributed by atoms with Crippen molar-refractivity contribution in [2.45, 2.75) is 6.04 Å². The molecule has 0 N–H and O–H groups in total. The van der Waals surface area contributed by atoms with Gasteiger partial charge in [-0.2, -0.15) is 0 Å². The van der Waals surface area contributed by atoms with E-state index in [4.69, 9.17) is 0 Å². The topological polar surface area (TPSA) is 3.24 Å². The Hall–Kier alpha value is -2.02. The Kier molecular flexibility index (Phi) is 2.45. The predicted molar refractivity (Wildman–Crippen MR) is 73.1 cm³/mol. The lowest BCUT2D eigenvalue weighted by Crippen LogP contribution is -2.25. The van der Waals surface area contributed by atoms with Crippen LogP contribution in [0.15, 0.2) is 60.7 Å². The van der Waals surface area contributed by atoms with Crippen LogP contribution in [0.3, 0.4) is 0 Å². The molecule has 0 unspecified atom stereocenters. The Balaban J connectivity index is 2.03. The van der Waals surface area contributed by atoms with Crippen molar-refractivity contribution in [3.8, 4) is 0 Å². The normalized spacial score (nSPS) is 17.9. The lowest BCUT2D eigenvalue weighted by molar-refractivity contribution is 0.805. The van der Waals surface area contributed by atoms with Gasteiger partial charge in [-0.3, -0.25) is 0 Å². The van der Waals surface area contributed by atoms with Gasteiger partial charge >= 0.3 is 0 Å². The number of benzene rings is 2. The lowest BCUT2D eigenvalue weighted by atomic mass is 9.98. The molecule has 0 saturated heterocycles. The van der Waals surface area contributed by atoms with Crippen molar-refractivity contribution in [3.63, 3.8) is 0 Å². The van der Waals surface area contributed by atoms with Gasteiger partial charge < -0.3 is 4.90 Å². The average molecular weight is 221 g/mol. The van der Waals surface area contributed by atoms with Gasteiger partial charge in [-0.15, -0.1) is 0 Å². The molecule has 17 heavy (non-hydrogen) atoms. The molecule has 0 amide bonds. The summed E-state index contributed by atoms with van der Waals surface area (Å²) in [4.78, 5) is 2.32. The number of hydrogen-bond donors (Lipinski definition) is 0. The minimum Gasteiger partial charge on any atom is -0.364 e. The van der Waals surface area contributed by atoms with Gasteiger partial charge in [0.15, 0.2) is 0 Å². The molecular formula is C16H15N. The lowest BCUT2D eigenvalue weighted by Gasteiger charge is -2.32. The first-order valence-electron chi connectivity index (χ1n) is 5.91. The summed E-state index contributed by atoms with van der Waals surface area (Å²) < 4.78 is 0. The van der Waals surface area contributed by atoms with Crippen LogP contribution in [0.2, 0.25) is 0 Å². The maximum atomic E-state index is 2.32. The van der Waals surface area contributed by atoms with Gasteiger partial charge in [0.1, 0.15) is 0 Å². The third kappa shape index (κ3) is 1.74. The second-order valence-corrected chi connectivity index (χ2v) is 4.38. The molecular weight excluding hydrogens is 206 g/mol. The zero-order chi connectivity index (χ0) is 11.7. The largest absolute Gasteiger partial charge is 0.364 e. The van der Waals surface area contributed by atoms with E-state index in [1.807, 2.05) is 0 Å². The van der Waals surface area contributed by atoms with Crippen LogP contribution in [0.25, 0.3) is 6.08 Å². The van der Waals surface area contributed by atoms with Crippen LogP contribution in [-0.4, -0.2) is 7.05 Å². The van der Waals surface area contributed by atoms with Crippen LogP contribution in [0.5, 0.6) is 0 Å². The fourth-order valence-corrected chi connectivity index (χ4v) is 2.41. The molecule has 0 radical (unpaired) electrons. The van der Waals surface area contributed by atoms with Crippen LogP contribution < -0.4 is 4.90 Å². The van der Waals surface area contributed by atoms with Crippen LogP contribution >= 0.6 is 0 Å². The summed E-state index contributed by atoms with van der Waals surface area (Å²) in [6.45, 7) is 0. The minimum absolute atomic E-state index is 0.339. The fourth-order valence-electron chi connectivity index (χ4n) is 2.41. The summed E-state index contributed by atoms with van der Waals surface area (Å²) in [6.07, 6.45) is 4.48. The van der Waals surface area contributed by atoms with Crippen molar-refractivity contribution in [1.29, 1.82) is 0 Å². The molecule has 1 atom stereocenters. The molecule has 2 aromatic rings. The molecule has 0 aliphatic carbocycles. The molecule has 0 bridgehead atoms. The molecule has 0 fully saturated rings. The number of para-hydroxylation sites is 1. The van der Waals surface area contributed by atoms with E-state index < -0.39 is 0 Å². The molecule has 0 aromatic heterocycles. The van der Waals surface area contributed by atoms with Gasteiger partial charge in [-0.25, -0.2) is 0 Å². The Morgan fingerprint density at radius 3 is 2.41 bits per heavy atom. The Morgan fingerprint density at radius 1 is 0.882 bits per heavy atom. The third-order valence-corrected chi connectivity index (χ3v) is 3.33. The van der Waals surface area contributed by atoms with Crippen molar-refractivity contribution in [2.24, 2.45) is 0 Å². The standard InChI is InChI=1S/C16H15N/c1-17-15-10-6-5-9-14(15)11-12-16(17)13-7-3-2-4-8-13/h2-12,16H,1H3/t16-/m1/s1. The Morgan fingerprint density at radius 2 is 1.59 bits per heavy atom. The van der Waals surface area contributed by atoms with Crippen molar-refractivity contribution in [2.75, 3.05) is 11.9 Å². The zero-order valence-corrected chi connectivity index (χ0v) is 9.88. The molecule has 1 aliphatic rings. The molecule has 1 nitrogen and oxygen atoms in total. The molecule has 1 aliphatic heterocycles. The number of hydrogen-bond acceptors (Lipinski definition) is 1.